The summed E-state index contributed by atoms with van der Waals surface area (Å²) >= 11 is 0. The molecule has 0 radical (unpaired) electrons. The molecule has 0 bridgehead atoms. The molecule has 140 valence electrons. The van der Waals surface area contributed by atoms with Crippen LogP contribution in [0.5, 0.6) is 0 Å². The van der Waals surface area contributed by atoms with Gasteiger partial charge in [-0.1, -0.05) is 60.7 Å². The van der Waals surface area contributed by atoms with Crippen molar-refractivity contribution in [3.8, 4) is 0 Å². The third kappa shape index (κ3) is 5.91. The zero-order chi connectivity index (χ0) is 16.9. The van der Waals surface area contributed by atoms with Gasteiger partial charge in [0.05, 0.1) is 0 Å². The summed E-state index contributed by atoms with van der Waals surface area (Å²) in [7, 11) is 0. The first-order valence-corrected chi connectivity index (χ1v) is 8.53. The molecule has 6 heteroatoms. The van der Waals surface area contributed by atoms with Crippen LogP contribution < -0.4 is 43.1 Å². The van der Waals surface area contributed by atoms with Crippen molar-refractivity contribution in [2.45, 2.75) is 19.8 Å². The van der Waals surface area contributed by atoms with Crippen LogP contribution in [0, 0.1) is 0 Å². The quantitative estimate of drug-likeness (QED) is 0.250. The lowest BCUT2D eigenvalue weighted by molar-refractivity contribution is -0.912. The van der Waals surface area contributed by atoms with Crippen LogP contribution in [0.3, 0.4) is 0 Å². The second-order valence-electron chi connectivity index (χ2n) is 6.31. The molecule has 4 aromatic rings. The number of aromatic nitrogens is 4. The van der Waals surface area contributed by atoms with Crippen LogP contribution in [0.25, 0.3) is 0 Å². The molecule has 0 saturated heterocycles. The Morgan fingerprint density at radius 3 is 1.41 bits per heavy atom. The van der Waals surface area contributed by atoms with E-state index in [4.69, 9.17) is 0 Å². The van der Waals surface area contributed by atoms with E-state index in [-0.39, 0.29) is 34.0 Å². The number of imidazole rings is 2. The molecule has 0 fully saturated rings. The summed E-state index contributed by atoms with van der Waals surface area (Å²) in [6.07, 6.45) is 12.8. The zero-order valence-corrected chi connectivity index (χ0v) is 18.1. The molecular weight excluding hydrogens is 468 g/mol. The Balaban J connectivity index is 0.00000131. The maximum atomic E-state index is 2.21. The van der Waals surface area contributed by atoms with Gasteiger partial charge in [0.25, 0.3) is 0 Å². The fourth-order valence-electron chi connectivity index (χ4n) is 3.01. The summed E-state index contributed by atoms with van der Waals surface area (Å²) in [6, 6.07) is 21.1. The van der Waals surface area contributed by atoms with Crippen molar-refractivity contribution >= 4 is 0 Å². The van der Waals surface area contributed by atoms with E-state index >= 15 is 0 Å². The van der Waals surface area contributed by atoms with Crippen molar-refractivity contribution < 1.29 is 43.1 Å². The van der Waals surface area contributed by atoms with Crippen molar-refractivity contribution in [1.82, 2.24) is 9.13 Å². The fourth-order valence-corrected chi connectivity index (χ4v) is 3.01. The molecule has 0 aliphatic carbocycles. The number of nitrogens with zero attached hydrogens (tertiary/aromatic N) is 4. The van der Waals surface area contributed by atoms with E-state index in [0.29, 0.717) is 0 Å². The number of rotatable bonds is 6. The second kappa shape index (κ2) is 10.2. The van der Waals surface area contributed by atoms with E-state index in [9.17, 15) is 0 Å². The Morgan fingerprint density at radius 1 is 0.593 bits per heavy atom. The van der Waals surface area contributed by atoms with Gasteiger partial charge in [-0.2, -0.15) is 9.13 Å². The zero-order valence-electron chi connectivity index (χ0n) is 14.9. The second-order valence-corrected chi connectivity index (χ2v) is 6.31. The highest BCUT2D eigenvalue weighted by Gasteiger charge is 2.09. The summed E-state index contributed by atoms with van der Waals surface area (Å²) in [5.74, 6) is 0. The van der Waals surface area contributed by atoms with Gasteiger partial charge in [0.15, 0.2) is 0 Å². The van der Waals surface area contributed by atoms with Crippen molar-refractivity contribution in [2.75, 3.05) is 0 Å². The molecule has 0 spiro atoms. The van der Waals surface area contributed by atoms with E-state index in [1.165, 1.54) is 11.1 Å². The predicted octanol–water partition coefficient (Wildman–Crippen LogP) is -3.52. The summed E-state index contributed by atoms with van der Waals surface area (Å²) in [5, 5.41) is 0. The van der Waals surface area contributed by atoms with Crippen LogP contribution in [0.2, 0.25) is 0 Å². The van der Waals surface area contributed by atoms with E-state index < -0.39 is 0 Å². The Hall–Kier alpha value is -2.18. The Kier molecular flexibility index (Phi) is 8.00. The average Bonchev–Trinajstić information content (AvgIpc) is 3.27. The first-order chi connectivity index (χ1) is 12.3. The molecule has 0 saturated carbocycles. The Bertz CT molecular complexity index is 855. The van der Waals surface area contributed by atoms with E-state index in [2.05, 4.69) is 116 Å². The molecule has 0 amide bonds. The van der Waals surface area contributed by atoms with Gasteiger partial charge < -0.3 is 34.0 Å². The van der Waals surface area contributed by atoms with E-state index in [0.717, 1.165) is 19.8 Å². The Labute approximate surface area is 180 Å². The average molecular weight is 490 g/mol. The predicted molar refractivity (Wildman–Crippen MR) is 95.7 cm³/mol. The van der Waals surface area contributed by atoms with Crippen LogP contribution in [-0.4, -0.2) is 9.13 Å². The monoisotopic (exact) mass is 488 g/mol. The molecule has 27 heavy (non-hydrogen) atoms. The molecule has 0 aliphatic heterocycles. The number of hydrogen-bond acceptors (Lipinski definition) is 0. The lowest BCUT2D eigenvalue weighted by Gasteiger charge is -1.97. The van der Waals surface area contributed by atoms with Gasteiger partial charge in [0, 0.05) is 0 Å². The minimum atomic E-state index is 0. The van der Waals surface area contributed by atoms with Crippen LogP contribution in [-0.2, 0) is 19.8 Å². The van der Waals surface area contributed by atoms with Gasteiger partial charge >= 0.3 is 0 Å². The summed E-state index contributed by atoms with van der Waals surface area (Å²) in [5.41, 5.74) is 2.62. The van der Waals surface area contributed by atoms with Crippen molar-refractivity contribution in [2.24, 2.45) is 0 Å². The SMILES string of the molecule is [Br-].[Br-].c1ccc(Cn2cc[n+](C[n+]3ccn(Cc4ccccc4)c3)c2)cc1. The topological polar surface area (TPSA) is 17.6 Å². The minimum absolute atomic E-state index is 0. The van der Waals surface area contributed by atoms with Crippen LogP contribution in [0.15, 0.2) is 98.1 Å². The van der Waals surface area contributed by atoms with Gasteiger partial charge in [-0.25, -0.2) is 9.13 Å². The molecule has 2 aromatic heterocycles. The molecule has 2 heterocycles. The minimum Gasteiger partial charge on any atom is -1.00 e. The normalized spacial score (nSPS) is 10.1. The first-order valence-electron chi connectivity index (χ1n) is 8.53. The lowest BCUT2D eigenvalue weighted by atomic mass is 10.2. The van der Waals surface area contributed by atoms with Gasteiger partial charge in [-0.15, -0.1) is 0 Å². The van der Waals surface area contributed by atoms with Gasteiger partial charge in [-0.3, -0.25) is 0 Å². The smallest absolute Gasteiger partial charge is 0.247 e. The Morgan fingerprint density at radius 2 is 1.00 bits per heavy atom. The van der Waals surface area contributed by atoms with Crippen molar-refractivity contribution in [1.29, 1.82) is 0 Å². The molecule has 0 atom stereocenters. The van der Waals surface area contributed by atoms with Crippen LogP contribution in [0.4, 0.5) is 0 Å². The number of benzene rings is 2. The summed E-state index contributed by atoms with van der Waals surface area (Å²) < 4.78 is 8.79. The van der Waals surface area contributed by atoms with Gasteiger partial charge in [-0.05, 0) is 11.1 Å². The van der Waals surface area contributed by atoms with Crippen molar-refractivity contribution in [3.63, 3.8) is 0 Å². The molecule has 4 nitrogen and oxygen atoms in total. The first kappa shape index (κ1) is 21.1. The molecule has 0 unspecified atom stereocenters. The maximum Gasteiger partial charge on any atom is 0.247 e. The van der Waals surface area contributed by atoms with Crippen molar-refractivity contribution in [3.05, 3.63) is 109 Å². The lowest BCUT2D eigenvalue weighted by Crippen LogP contribution is -3.00. The molecule has 0 aliphatic rings. The maximum absolute atomic E-state index is 2.21. The van der Waals surface area contributed by atoms with Gasteiger partial charge in [0.2, 0.25) is 19.3 Å². The van der Waals surface area contributed by atoms with E-state index in [1.54, 1.807) is 0 Å². The van der Waals surface area contributed by atoms with Crippen LogP contribution >= 0.6 is 0 Å². The third-order valence-electron chi connectivity index (χ3n) is 4.24. The largest absolute Gasteiger partial charge is 1.00 e. The summed E-state index contributed by atoms with van der Waals surface area (Å²) in [6.45, 7) is 2.60. The highest BCUT2D eigenvalue weighted by atomic mass is 79.9. The molecule has 2 aromatic carbocycles. The van der Waals surface area contributed by atoms with E-state index in [1.807, 2.05) is 0 Å². The number of hydrogen-bond donors (Lipinski definition) is 0. The highest BCUT2D eigenvalue weighted by molar-refractivity contribution is 5.15. The summed E-state index contributed by atoms with van der Waals surface area (Å²) in [4.78, 5) is 0. The fraction of sp³-hybridized carbons (Fsp3) is 0.143. The molecular formula is C21H22Br2N4. The highest BCUT2D eigenvalue weighted by Crippen LogP contribution is 2.02. The van der Waals surface area contributed by atoms with Gasteiger partial charge in [0.1, 0.15) is 37.9 Å². The molecule has 0 N–H and O–H groups in total. The molecule has 4 rings (SSSR count). The van der Waals surface area contributed by atoms with Crippen LogP contribution in [0.1, 0.15) is 11.1 Å². The third-order valence-corrected chi connectivity index (χ3v) is 4.24. The standard InChI is InChI=1S/C21H22N4.2BrH/c1-3-7-20(8-4-1)15-22-11-13-24(17-22)19-25-14-12-23(18-25)16-21-9-5-2-6-10-21;;/h1-14,17-18H,15-16,19H2;2*1H/q+2;;/p-2. The number of halogens is 2.